The molecule has 2 aliphatic heterocycles. The largest absolute Gasteiger partial charge is 0.385 e. The molecular formula is C22H32N2O3. The highest BCUT2D eigenvalue weighted by atomic mass is 16.5. The third-order valence-electron chi connectivity index (χ3n) is 6.39. The first-order valence-electron chi connectivity index (χ1n) is 10.1. The number of methoxy groups -OCH3 is 1. The zero-order chi connectivity index (χ0) is 19.4. The number of carbonyl (C=O) groups excluding carboxylic acids is 2. The van der Waals surface area contributed by atoms with Crippen LogP contribution in [0.25, 0.3) is 0 Å². The molecule has 2 amide bonds. The van der Waals surface area contributed by atoms with Crippen LogP contribution < -0.4 is 0 Å². The first kappa shape index (κ1) is 19.9. The summed E-state index contributed by atoms with van der Waals surface area (Å²) in [6.45, 7) is 7.99. The van der Waals surface area contributed by atoms with E-state index in [4.69, 9.17) is 4.74 Å². The summed E-state index contributed by atoms with van der Waals surface area (Å²) >= 11 is 0. The summed E-state index contributed by atoms with van der Waals surface area (Å²) in [5, 5.41) is 0. The molecule has 148 valence electrons. The third-order valence-corrected chi connectivity index (χ3v) is 6.39. The van der Waals surface area contributed by atoms with Crippen LogP contribution >= 0.6 is 0 Å². The van der Waals surface area contributed by atoms with E-state index in [1.54, 1.807) is 7.11 Å². The molecule has 0 atom stereocenters. The van der Waals surface area contributed by atoms with Gasteiger partial charge in [-0.2, -0.15) is 0 Å². The number of nitrogens with zero attached hydrogens (tertiary/aromatic N) is 2. The molecule has 5 nitrogen and oxygen atoms in total. The number of benzene rings is 1. The van der Waals surface area contributed by atoms with Crippen molar-refractivity contribution in [3.05, 3.63) is 34.9 Å². The van der Waals surface area contributed by atoms with Crippen LogP contribution in [0.1, 0.15) is 53.6 Å². The van der Waals surface area contributed by atoms with Crippen LogP contribution in [0.3, 0.4) is 0 Å². The zero-order valence-corrected chi connectivity index (χ0v) is 16.9. The Hall–Kier alpha value is -1.88. The molecule has 1 aromatic rings. The Bertz CT molecular complexity index is 693. The lowest BCUT2D eigenvalue weighted by Gasteiger charge is -2.47. The molecule has 1 aromatic carbocycles. The van der Waals surface area contributed by atoms with Gasteiger partial charge in [0.1, 0.15) is 0 Å². The quantitative estimate of drug-likeness (QED) is 0.746. The Labute approximate surface area is 162 Å². The Morgan fingerprint density at radius 1 is 1.15 bits per heavy atom. The summed E-state index contributed by atoms with van der Waals surface area (Å²) in [6, 6.07) is 5.96. The van der Waals surface area contributed by atoms with E-state index in [1.165, 1.54) is 5.56 Å². The van der Waals surface area contributed by atoms with Crippen LogP contribution in [0.4, 0.5) is 0 Å². The minimum atomic E-state index is 0.136. The summed E-state index contributed by atoms with van der Waals surface area (Å²) in [5.74, 6) is 0.405. The van der Waals surface area contributed by atoms with Crippen molar-refractivity contribution in [2.45, 2.75) is 46.0 Å². The summed E-state index contributed by atoms with van der Waals surface area (Å²) in [4.78, 5) is 29.1. The fraction of sp³-hybridized carbons (Fsp3) is 0.636. The van der Waals surface area contributed by atoms with Crippen molar-refractivity contribution >= 4 is 11.8 Å². The summed E-state index contributed by atoms with van der Waals surface area (Å²) < 4.78 is 5.12. The number of aryl methyl sites for hydroxylation is 2. The minimum Gasteiger partial charge on any atom is -0.385 e. The minimum absolute atomic E-state index is 0.136. The van der Waals surface area contributed by atoms with E-state index in [9.17, 15) is 9.59 Å². The first-order chi connectivity index (χ1) is 12.9. The average molecular weight is 373 g/mol. The van der Waals surface area contributed by atoms with E-state index in [0.717, 1.165) is 63.0 Å². The van der Waals surface area contributed by atoms with Crippen LogP contribution in [-0.2, 0) is 9.53 Å². The maximum Gasteiger partial charge on any atom is 0.253 e. The average Bonchev–Trinajstić information content (AvgIpc) is 2.67. The standard InChI is InChI=1S/C22H32N2O3/c1-17-5-6-19(15-18(17)2)21(26)23-12-9-22(10-13-23)8-7-20(25)24(16-22)11-4-14-27-3/h5-6,15H,4,7-14,16H2,1-3H3. The van der Waals surface area contributed by atoms with Gasteiger partial charge in [0.05, 0.1) is 0 Å². The van der Waals surface area contributed by atoms with Crippen molar-refractivity contribution in [2.75, 3.05) is 39.9 Å². The van der Waals surface area contributed by atoms with Gasteiger partial charge in [-0.1, -0.05) is 6.07 Å². The second-order valence-electron chi connectivity index (χ2n) is 8.25. The number of hydrogen-bond donors (Lipinski definition) is 0. The van der Waals surface area contributed by atoms with Gasteiger partial charge in [0.15, 0.2) is 0 Å². The summed E-state index contributed by atoms with van der Waals surface area (Å²) in [5.41, 5.74) is 3.34. The van der Waals surface area contributed by atoms with Crippen molar-refractivity contribution in [1.82, 2.24) is 9.80 Å². The van der Waals surface area contributed by atoms with Crippen molar-refractivity contribution in [3.8, 4) is 0 Å². The smallest absolute Gasteiger partial charge is 0.253 e. The molecule has 2 fully saturated rings. The Balaban J connectivity index is 1.59. The van der Waals surface area contributed by atoms with Crippen LogP contribution in [0, 0.1) is 19.3 Å². The highest BCUT2D eigenvalue weighted by Crippen LogP contribution is 2.40. The Morgan fingerprint density at radius 2 is 1.89 bits per heavy atom. The molecule has 0 radical (unpaired) electrons. The molecule has 2 aliphatic rings. The van der Waals surface area contributed by atoms with Gasteiger partial charge in [-0.25, -0.2) is 0 Å². The number of amides is 2. The van der Waals surface area contributed by atoms with E-state index in [2.05, 4.69) is 13.8 Å². The monoisotopic (exact) mass is 372 g/mol. The number of likely N-dealkylation sites (tertiary alicyclic amines) is 2. The van der Waals surface area contributed by atoms with Crippen LogP contribution in [0.2, 0.25) is 0 Å². The second kappa shape index (κ2) is 8.42. The van der Waals surface area contributed by atoms with Gasteiger partial charge >= 0.3 is 0 Å². The molecule has 2 saturated heterocycles. The van der Waals surface area contributed by atoms with Gasteiger partial charge in [0.25, 0.3) is 5.91 Å². The number of piperidine rings is 2. The van der Waals surface area contributed by atoms with E-state index in [1.807, 2.05) is 28.0 Å². The molecule has 5 heteroatoms. The molecule has 0 aliphatic carbocycles. The second-order valence-corrected chi connectivity index (χ2v) is 8.25. The number of rotatable bonds is 5. The van der Waals surface area contributed by atoms with E-state index in [-0.39, 0.29) is 17.2 Å². The summed E-state index contributed by atoms with van der Waals surface area (Å²) in [7, 11) is 1.70. The topological polar surface area (TPSA) is 49.9 Å². The van der Waals surface area contributed by atoms with E-state index in [0.29, 0.717) is 13.0 Å². The van der Waals surface area contributed by atoms with Gasteiger partial charge in [-0.15, -0.1) is 0 Å². The Kier molecular flexibility index (Phi) is 6.20. The predicted octanol–water partition coefficient (Wildman–Crippen LogP) is 3.18. The molecule has 0 aromatic heterocycles. The number of hydrogen-bond acceptors (Lipinski definition) is 3. The fourth-order valence-electron chi connectivity index (χ4n) is 4.36. The number of carbonyl (C=O) groups is 2. The van der Waals surface area contributed by atoms with Crippen molar-refractivity contribution in [2.24, 2.45) is 5.41 Å². The molecule has 3 rings (SSSR count). The van der Waals surface area contributed by atoms with Gasteiger partial charge in [0.2, 0.25) is 5.91 Å². The zero-order valence-electron chi connectivity index (χ0n) is 16.9. The first-order valence-corrected chi connectivity index (χ1v) is 10.1. The SMILES string of the molecule is COCCCN1CC2(CCC1=O)CCN(C(=O)c1ccc(C)c(C)c1)CC2. The van der Waals surface area contributed by atoms with Gasteiger partial charge in [-0.05, 0) is 68.2 Å². The molecule has 0 saturated carbocycles. The lowest BCUT2D eigenvalue weighted by molar-refractivity contribution is -0.139. The highest BCUT2D eigenvalue weighted by molar-refractivity contribution is 5.94. The molecule has 0 bridgehead atoms. The number of ether oxygens (including phenoxy) is 1. The van der Waals surface area contributed by atoms with E-state index >= 15 is 0 Å². The van der Waals surface area contributed by atoms with Crippen molar-refractivity contribution in [1.29, 1.82) is 0 Å². The molecule has 27 heavy (non-hydrogen) atoms. The highest BCUT2D eigenvalue weighted by Gasteiger charge is 2.41. The van der Waals surface area contributed by atoms with Crippen molar-refractivity contribution < 1.29 is 14.3 Å². The van der Waals surface area contributed by atoms with E-state index < -0.39 is 0 Å². The fourth-order valence-corrected chi connectivity index (χ4v) is 4.36. The molecular weight excluding hydrogens is 340 g/mol. The van der Waals surface area contributed by atoms with Gasteiger partial charge < -0.3 is 14.5 Å². The van der Waals surface area contributed by atoms with Gasteiger partial charge in [-0.3, -0.25) is 9.59 Å². The van der Waals surface area contributed by atoms with Crippen LogP contribution in [0.15, 0.2) is 18.2 Å². The third kappa shape index (κ3) is 4.52. The maximum absolute atomic E-state index is 12.9. The molecule has 0 unspecified atom stereocenters. The molecule has 0 N–H and O–H groups in total. The van der Waals surface area contributed by atoms with Crippen LogP contribution in [0.5, 0.6) is 0 Å². The van der Waals surface area contributed by atoms with Crippen LogP contribution in [-0.4, -0.2) is 61.5 Å². The molecule has 2 heterocycles. The lowest BCUT2D eigenvalue weighted by atomic mass is 9.72. The lowest BCUT2D eigenvalue weighted by Crippen LogP contribution is -2.52. The predicted molar refractivity (Wildman–Crippen MR) is 106 cm³/mol. The maximum atomic E-state index is 12.9. The Morgan fingerprint density at radius 3 is 2.56 bits per heavy atom. The normalized spacial score (nSPS) is 19.6. The van der Waals surface area contributed by atoms with Gasteiger partial charge in [0, 0.05) is 51.9 Å². The summed E-state index contributed by atoms with van der Waals surface area (Å²) in [6.07, 6.45) is 4.45. The molecule has 1 spiro atoms. The van der Waals surface area contributed by atoms with Crippen molar-refractivity contribution in [3.63, 3.8) is 0 Å².